The summed E-state index contributed by atoms with van der Waals surface area (Å²) in [6.45, 7) is 1.99. The summed E-state index contributed by atoms with van der Waals surface area (Å²) in [5.74, 6) is 0.531. The molecule has 156 valence electrons. The van der Waals surface area contributed by atoms with Gasteiger partial charge in [-0.3, -0.25) is 0 Å². The lowest BCUT2D eigenvalue weighted by molar-refractivity contribution is 0.436. The minimum atomic E-state index is -1.81. The molecule has 0 aromatic heterocycles. The van der Waals surface area contributed by atoms with Gasteiger partial charge in [-0.25, -0.2) is 5.43 Å². The molecule has 4 nitrogen and oxygen atoms in total. The van der Waals surface area contributed by atoms with Crippen LogP contribution < -0.4 is 14.4 Å². The molecular weight excluding hydrogens is 404 g/mol. The Balaban J connectivity index is 1.71. The molecule has 0 aliphatic carbocycles. The van der Waals surface area contributed by atoms with Crippen molar-refractivity contribution in [2.24, 2.45) is 0 Å². The van der Waals surface area contributed by atoms with Gasteiger partial charge in [-0.15, -0.1) is 4.83 Å². The molecule has 0 saturated carbocycles. The Hall–Kier alpha value is -3.25. The Bertz CT molecular complexity index is 1020. The highest BCUT2D eigenvalue weighted by molar-refractivity contribution is 7.78. The molecule has 0 saturated heterocycles. The Kier molecular flexibility index (Phi) is 6.57. The molecule has 0 aliphatic rings. The van der Waals surface area contributed by atoms with Gasteiger partial charge in [-0.05, 0) is 35.7 Å². The van der Waals surface area contributed by atoms with Crippen LogP contribution in [-0.2, 0) is 16.8 Å². The van der Waals surface area contributed by atoms with E-state index in [0.29, 0.717) is 5.75 Å². The Morgan fingerprint density at radius 2 is 1.06 bits per heavy atom. The van der Waals surface area contributed by atoms with Crippen LogP contribution in [0.25, 0.3) is 0 Å². The topological polar surface area (TPSA) is 50.4 Å². The van der Waals surface area contributed by atoms with Crippen LogP contribution in [-0.4, -0.2) is 4.21 Å². The van der Waals surface area contributed by atoms with E-state index in [2.05, 4.69) is 46.7 Å². The average Bonchev–Trinajstić information content (AvgIpc) is 2.83. The van der Waals surface area contributed by atoms with Gasteiger partial charge in [0, 0.05) is 0 Å². The first kappa shape index (κ1) is 21.0. The predicted octanol–water partition coefficient (Wildman–Crippen LogP) is 5.04. The third-order valence-electron chi connectivity index (χ3n) is 5.14. The maximum Gasteiger partial charge on any atom is 0.302 e. The lowest BCUT2D eigenvalue weighted by Gasteiger charge is -2.36. The Labute approximate surface area is 185 Å². The van der Waals surface area contributed by atoms with E-state index in [1.54, 1.807) is 12.1 Å². The van der Waals surface area contributed by atoms with Gasteiger partial charge in [0.05, 0.1) is 0 Å². The molecule has 0 radical (unpaired) electrons. The summed E-state index contributed by atoms with van der Waals surface area (Å²) >= 11 is -1.81. The fourth-order valence-electron chi connectivity index (χ4n) is 3.60. The van der Waals surface area contributed by atoms with E-state index < -0.39 is 16.8 Å². The fourth-order valence-corrected chi connectivity index (χ4v) is 4.17. The number of hydrogen-bond donors (Lipinski definition) is 2. The number of benzene rings is 4. The van der Waals surface area contributed by atoms with Crippen molar-refractivity contribution in [1.29, 1.82) is 0 Å². The molecule has 0 heterocycles. The Morgan fingerprint density at radius 1 is 0.645 bits per heavy atom. The molecular formula is C26H24N2O2S. The first-order valence-electron chi connectivity index (χ1n) is 10.0. The van der Waals surface area contributed by atoms with Crippen LogP contribution in [0.2, 0.25) is 0 Å². The van der Waals surface area contributed by atoms with E-state index in [1.807, 2.05) is 73.7 Å². The van der Waals surface area contributed by atoms with Crippen molar-refractivity contribution in [3.05, 3.63) is 138 Å². The third-order valence-corrected chi connectivity index (χ3v) is 5.75. The zero-order valence-electron chi connectivity index (χ0n) is 17.2. The summed E-state index contributed by atoms with van der Waals surface area (Å²) in [6.07, 6.45) is 0. The number of rotatable bonds is 8. The lowest BCUT2D eigenvalue weighted by Crippen LogP contribution is -2.52. The quantitative estimate of drug-likeness (QED) is 0.305. The van der Waals surface area contributed by atoms with Crippen molar-refractivity contribution in [2.45, 2.75) is 12.5 Å². The van der Waals surface area contributed by atoms with Gasteiger partial charge in [-0.2, -0.15) is 4.21 Å². The molecule has 2 N–H and O–H groups in total. The summed E-state index contributed by atoms with van der Waals surface area (Å²) in [6, 6.07) is 37.7. The summed E-state index contributed by atoms with van der Waals surface area (Å²) in [7, 11) is 0. The van der Waals surface area contributed by atoms with Gasteiger partial charge in [0.25, 0.3) is 0 Å². The third kappa shape index (κ3) is 4.75. The molecule has 4 rings (SSSR count). The van der Waals surface area contributed by atoms with Crippen LogP contribution in [0.3, 0.4) is 0 Å². The molecule has 31 heavy (non-hydrogen) atoms. The second kappa shape index (κ2) is 9.71. The average molecular weight is 429 g/mol. The van der Waals surface area contributed by atoms with Crippen molar-refractivity contribution in [3.8, 4) is 5.75 Å². The van der Waals surface area contributed by atoms with E-state index in [0.717, 1.165) is 22.3 Å². The van der Waals surface area contributed by atoms with Gasteiger partial charge in [0.2, 0.25) is 0 Å². The van der Waals surface area contributed by atoms with E-state index >= 15 is 0 Å². The number of nitrogens with one attached hydrogen (secondary N) is 2. The van der Waals surface area contributed by atoms with Gasteiger partial charge in [0.15, 0.2) is 0 Å². The molecule has 0 bridgehead atoms. The molecule has 1 atom stereocenters. The highest BCUT2D eigenvalue weighted by Crippen LogP contribution is 2.36. The smallest absolute Gasteiger partial charge is 0.302 e. The predicted molar refractivity (Wildman–Crippen MR) is 125 cm³/mol. The second-order valence-electron chi connectivity index (χ2n) is 7.21. The number of hydrogen-bond acceptors (Lipinski definition) is 3. The molecule has 0 aliphatic heterocycles. The minimum absolute atomic E-state index is 0.531. The summed E-state index contributed by atoms with van der Waals surface area (Å²) in [5, 5.41) is 0. The Morgan fingerprint density at radius 3 is 1.48 bits per heavy atom. The van der Waals surface area contributed by atoms with E-state index in [1.165, 1.54) is 0 Å². The summed E-state index contributed by atoms with van der Waals surface area (Å²) < 4.78 is 18.3. The van der Waals surface area contributed by atoms with E-state index in [4.69, 9.17) is 4.18 Å². The minimum Gasteiger partial charge on any atom is -0.388 e. The second-order valence-corrected chi connectivity index (χ2v) is 8.05. The molecule has 5 heteroatoms. The van der Waals surface area contributed by atoms with Gasteiger partial charge < -0.3 is 4.18 Å². The monoisotopic (exact) mass is 428 g/mol. The number of aryl methyl sites for hydroxylation is 1. The van der Waals surface area contributed by atoms with E-state index in [9.17, 15) is 4.21 Å². The van der Waals surface area contributed by atoms with Crippen LogP contribution in [0.1, 0.15) is 22.3 Å². The summed E-state index contributed by atoms with van der Waals surface area (Å²) in [4.78, 5) is 2.88. The van der Waals surface area contributed by atoms with Crippen LogP contribution in [0.4, 0.5) is 0 Å². The first-order chi connectivity index (χ1) is 15.2. The van der Waals surface area contributed by atoms with Crippen molar-refractivity contribution in [3.63, 3.8) is 0 Å². The zero-order valence-corrected chi connectivity index (χ0v) is 18.0. The van der Waals surface area contributed by atoms with Crippen molar-refractivity contribution >= 4 is 11.3 Å². The molecule has 0 spiro atoms. The van der Waals surface area contributed by atoms with Crippen LogP contribution in [0, 0.1) is 6.92 Å². The largest absolute Gasteiger partial charge is 0.388 e. The van der Waals surface area contributed by atoms with E-state index in [-0.39, 0.29) is 0 Å². The zero-order chi connectivity index (χ0) is 21.5. The SMILES string of the molecule is Cc1ccc(OS(=O)NNC(c2ccccc2)(c2ccccc2)c2ccccc2)cc1. The summed E-state index contributed by atoms with van der Waals surface area (Å²) in [5.41, 5.74) is 6.69. The van der Waals surface area contributed by atoms with Gasteiger partial charge in [0.1, 0.15) is 11.3 Å². The maximum atomic E-state index is 12.8. The van der Waals surface area contributed by atoms with Crippen LogP contribution in [0.5, 0.6) is 5.75 Å². The standard InChI is InChI=1S/C26H24N2O2S/c1-21-17-19-25(20-18-21)30-31(29)28-27-26(22-11-5-2-6-12-22,23-13-7-3-8-14-23)24-15-9-4-10-16-24/h2-20,27-28H,1H3. The maximum absolute atomic E-state index is 12.8. The highest BCUT2D eigenvalue weighted by atomic mass is 32.2. The molecule has 0 amide bonds. The molecule has 1 unspecified atom stereocenters. The normalized spacial score (nSPS) is 12.3. The van der Waals surface area contributed by atoms with Crippen LogP contribution >= 0.6 is 0 Å². The van der Waals surface area contributed by atoms with Gasteiger partial charge >= 0.3 is 11.3 Å². The fraction of sp³-hybridized carbons (Fsp3) is 0.0769. The first-order valence-corrected chi connectivity index (χ1v) is 11.1. The highest BCUT2D eigenvalue weighted by Gasteiger charge is 2.36. The van der Waals surface area contributed by atoms with Gasteiger partial charge in [-0.1, -0.05) is 109 Å². The van der Waals surface area contributed by atoms with Crippen molar-refractivity contribution < 1.29 is 8.39 Å². The molecule has 4 aromatic carbocycles. The number of hydrazine groups is 1. The lowest BCUT2D eigenvalue weighted by atomic mass is 9.77. The van der Waals surface area contributed by atoms with Crippen molar-refractivity contribution in [2.75, 3.05) is 0 Å². The van der Waals surface area contributed by atoms with Crippen molar-refractivity contribution in [1.82, 2.24) is 10.3 Å². The molecule has 4 aromatic rings. The molecule has 0 fully saturated rings. The van der Waals surface area contributed by atoms with Crippen LogP contribution in [0.15, 0.2) is 115 Å².